The molecular formula is C20H35Cl2N3O. The Morgan fingerprint density at radius 2 is 1.69 bits per heavy atom. The van der Waals surface area contributed by atoms with Crippen molar-refractivity contribution in [2.75, 3.05) is 38.5 Å². The van der Waals surface area contributed by atoms with Crippen LogP contribution in [0.2, 0.25) is 0 Å². The van der Waals surface area contributed by atoms with Crippen LogP contribution in [0.5, 0.6) is 0 Å². The Balaban J connectivity index is 0.00000169. The van der Waals surface area contributed by atoms with Crippen LogP contribution >= 0.6 is 24.8 Å². The summed E-state index contributed by atoms with van der Waals surface area (Å²) in [4.78, 5) is 5.17. The van der Waals surface area contributed by atoms with E-state index in [4.69, 9.17) is 10.5 Å². The van der Waals surface area contributed by atoms with Crippen LogP contribution in [0, 0.1) is 5.92 Å². The maximum atomic E-state index is 5.88. The first kappa shape index (κ1) is 23.5. The first-order valence-electron chi connectivity index (χ1n) is 9.53. The standard InChI is InChI=1S/C20H33N3O.2ClH/c1-16-13-23(14-17(2)24-16)11-8-18-6-9-22(10-7-18)15-19-4-3-5-20(21)12-19;;/h3-5,12,16-18H,6-11,13-15,21H2,1-2H3;2*1H. The highest BCUT2D eigenvalue weighted by atomic mass is 35.5. The number of halogens is 2. The summed E-state index contributed by atoms with van der Waals surface area (Å²) >= 11 is 0. The molecule has 4 nitrogen and oxygen atoms in total. The van der Waals surface area contributed by atoms with Gasteiger partial charge in [-0.2, -0.15) is 0 Å². The van der Waals surface area contributed by atoms with Crippen molar-refractivity contribution in [3.63, 3.8) is 0 Å². The lowest BCUT2D eigenvalue weighted by molar-refractivity contribution is -0.0693. The van der Waals surface area contributed by atoms with Gasteiger partial charge in [-0.3, -0.25) is 9.80 Å². The average Bonchev–Trinajstić information content (AvgIpc) is 2.53. The van der Waals surface area contributed by atoms with Gasteiger partial charge in [-0.15, -0.1) is 24.8 Å². The number of piperidine rings is 1. The minimum absolute atomic E-state index is 0. The molecule has 3 rings (SSSR count). The lowest BCUT2D eigenvalue weighted by Gasteiger charge is -2.37. The highest BCUT2D eigenvalue weighted by Gasteiger charge is 2.24. The fourth-order valence-corrected chi connectivity index (χ4v) is 4.22. The number of nitrogens with two attached hydrogens (primary N) is 1. The van der Waals surface area contributed by atoms with Gasteiger partial charge in [0, 0.05) is 25.3 Å². The van der Waals surface area contributed by atoms with Gasteiger partial charge < -0.3 is 10.5 Å². The van der Waals surface area contributed by atoms with Crippen LogP contribution in [0.1, 0.15) is 38.7 Å². The van der Waals surface area contributed by atoms with Gasteiger partial charge in [0.25, 0.3) is 0 Å². The zero-order valence-corrected chi connectivity index (χ0v) is 17.7. The molecule has 0 aliphatic carbocycles. The van der Waals surface area contributed by atoms with Gasteiger partial charge in [-0.05, 0) is 76.4 Å². The highest BCUT2D eigenvalue weighted by molar-refractivity contribution is 5.85. The summed E-state index contributed by atoms with van der Waals surface area (Å²) in [6.45, 7) is 11.3. The number of anilines is 1. The lowest BCUT2D eigenvalue weighted by atomic mass is 9.93. The van der Waals surface area contributed by atoms with Gasteiger partial charge in [0.05, 0.1) is 12.2 Å². The molecule has 2 aliphatic rings. The zero-order valence-electron chi connectivity index (χ0n) is 16.1. The molecule has 2 fully saturated rings. The molecule has 0 aromatic heterocycles. The largest absolute Gasteiger partial charge is 0.399 e. The van der Waals surface area contributed by atoms with E-state index in [1.807, 2.05) is 6.07 Å². The smallest absolute Gasteiger partial charge is 0.0678 e. The third kappa shape index (κ3) is 7.24. The monoisotopic (exact) mass is 403 g/mol. The maximum absolute atomic E-state index is 5.88. The molecular weight excluding hydrogens is 369 g/mol. The SMILES string of the molecule is CC1CN(CCC2CCN(Cc3cccc(N)c3)CC2)CC(C)O1.Cl.Cl. The number of ether oxygens (including phenoxy) is 1. The molecule has 1 aromatic carbocycles. The topological polar surface area (TPSA) is 41.7 Å². The molecule has 1 aromatic rings. The van der Waals surface area contributed by atoms with Crippen LogP contribution in [0.15, 0.2) is 24.3 Å². The van der Waals surface area contributed by atoms with E-state index in [1.54, 1.807) is 0 Å². The zero-order chi connectivity index (χ0) is 16.9. The van der Waals surface area contributed by atoms with Gasteiger partial charge in [0.1, 0.15) is 0 Å². The molecule has 0 radical (unpaired) electrons. The van der Waals surface area contributed by atoms with Crippen molar-refractivity contribution < 1.29 is 4.74 Å². The molecule has 2 aliphatic heterocycles. The first-order chi connectivity index (χ1) is 11.6. The van der Waals surface area contributed by atoms with E-state index in [9.17, 15) is 0 Å². The van der Waals surface area contributed by atoms with E-state index in [1.165, 1.54) is 44.5 Å². The fraction of sp³-hybridized carbons (Fsp3) is 0.700. The van der Waals surface area contributed by atoms with Crippen LogP contribution < -0.4 is 5.73 Å². The van der Waals surface area contributed by atoms with Crippen molar-refractivity contribution in [3.05, 3.63) is 29.8 Å². The summed E-state index contributed by atoms with van der Waals surface area (Å²) in [7, 11) is 0. The molecule has 0 amide bonds. The summed E-state index contributed by atoms with van der Waals surface area (Å²) in [6.07, 6.45) is 4.77. The molecule has 2 atom stereocenters. The second kappa shape index (κ2) is 11.4. The average molecular weight is 404 g/mol. The Morgan fingerprint density at radius 1 is 1.04 bits per heavy atom. The van der Waals surface area contributed by atoms with Crippen LogP contribution in [0.3, 0.4) is 0 Å². The number of rotatable bonds is 5. The number of hydrogen-bond acceptors (Lipinski definition) is 4. The highest BCUT2D eigenvalue weighted by Crippen LogP contribution is 2.23. The molecule has 2 N–H and O–H groups in total. The van der Waals surface area contributed by atoms with Gasteiger partial charge in [0.2, 0.25) is 0 Å². The minimum atomic E-state index is 0. The fourth-order valence-electron chi connectivity index (χ4n) is 4.22. The van der Waals surface area contributed by atoms with Crippen LogP contribution in [-0.4, -0.2) is 54.7 Å². The number of nitrogen functional groups attached to an aromatic ring is 1. The van der Waals surface area contributed by atoms with Crippen LogP contribution in [0.4, 0.5) is 5.69 Å². The molecule has 6 heteroatoms. The molecule has 0 spiro atoms. The quantitative estimate of drug-likeness (QED) is 0.758. The molecule has 2 saturated heterocycles. The van der Waals surface area contributed by atoms with Gasteiger partial charge in [-0.25, -0.2) is 0 Å². The summed E-state index contributed by atoms with van der Waals surface area (Å²) in [6, 6.07) is 8.31. The van der Waals surface area contributed by atoms with E-state index in [-0.39, 0.29) is 24.8 Å². The summed E-state index contributed by atoms with van der Waals surface area (Å²) in [5.41, 5.74) is 8.09. The Kier molecular flexibility index (Phi) is 10.3. The van der Waals surface area contributed by atoms with Gasteiger partial charge >= 0.3 is 0 Å². The third-order valence-corrected chi connectivity index (χ3v) is 5.41. The Morgan fingerprint density at radius 3 is 2.31 bits per heavy atom. The number of benzene rings is 1. The maximum Gasteiger partial charge on any atom is 0.0678 e. The van der Waals surface area contributed by atoms with E-state index < -0.39 is 0 Å². The predicted octanol–water partition coefficient (Wildman–Crippen LogP) is 3.82. The second-order valence-corrected chi connectivity index (χ2v) is 7.77. The summed E-state index contributed by atoms with van der Waals surface area (Å²) in [5, 5.41) is 0. The molecule has 26 heavy (non-hydrogen) atoms. The van der Waals surface area contributed by atoms with E-state index in [0.29, 0.717) is 12.2 Å². The van der Waals surface area contributed by atoms with Crippen molar-refractivity contribution >= 4 is 30.5 Å². The third-order valence-electron chi connectivity index (χ3n) is 5.41. The van der Waals surface area contributed by atoms with Crippen molar-refractivity contribution in [2.45, 2.75) is 51.9 Å². The first-order valence-corrected chi connectivity index (χ1v) is 9.53. The van der Waals surface area contributed by atoms with Crippen LogP contribution in [0.25, 0.3) is 0 Å². The lowest BCUT2D eigenvalue weighted by Crippen LogP contribution is -2.46. The molecule has 2 heterocycles. The Hall–Kier alpha value is -0.520. The minimum Gasteiger partial charge on any atom is -0.399 e. The van der Waals surface area contributed by atoms with Crippen molar-refractivity contribution in [2.24, 2.45) is 5.92 Å². The van der Waals surface area contributed by atoms with Gasteiger partial charge in [-0.1, -0.05) is 12.1 Å². The van der Waals surface area contributed by atoms with Crippen LogP contribution in [-0.2, 0) is 11.3 Å². The second-order valence-electron chi connectivity index (χ2n) is 7.77. The number of likely N-dealkylation sites (tertiary alicyclic amines) is 1. The molecule has 0 saturated carbocycles. The predicted molar refractivity (Wildman–Crippen MR) is 114 cm³/mol. The van der Waals surface area contributed by atoms with Crippen molar-refractivity contribution in [3.8, 4) is 0 Å². The van der Waals surface area contributed by atoms with E-state index in [0.717, 1.165) is 31.2 Å². The van der Waals surface area contributed by atoms with E-state index in [2.05, 4.69) is 41.8 Å². The molecule has 0 bridgehead atoms. The normalized spacial score (nSPS) is 25.3. The Bertz CT molecular complexity index is 514. The Labute approximate surface area is 171 Å². The molecule has 2 unspecified atom stereocenters. The van der Waals surface area contributed by atoms with E-state index >= 15 is 0 Å². The number of nitrogens with zero attached hydrogens (tertiary/aromatic N) is 2. The van der Waals surface area contributed by atoms with Crippen molar-refractivity contribution in [1.82, 2.24) is 9.80 Å². The number of morpholine rings is 1. The number of hydrogen-bond donors (Lipinski definition) is 1. The van der Waals surface area contributed by atoms with Gasteiger partial charge in [0.15, 0.2) is 0 Å². The molecule has 150 valence electrons. The summed E-state index contributed by atoms with van der Waals surface area (Å²) < 4.78 is 5.83. The summed E-state index contributed by atoms with van der Waals surface area (Å²) in [5.74, 6) is 0.885. The van der Waals surface area contributed by atoms with Crippen molar-refractivity contribution in [1.29, 1.82) is 0 Å².